The molecule has 0 saturated heterocycles. The molecule has 122 valence electrons. The van der Waals surface area contributed by atoms with E-state index in [9.17, 15) is 9.59 Å². The Morgan fingerprint density at radius 2 is 2.09 bits per heavy atom. The van der Waals surface area contributed by atoms with E-state index in [-0.39, 0.29) is 6.09 Å². The predicted molar refractivity (Wildman–Crippen MR) is 83.0 cm³/mol. The summed E-state index contributed by atoms with van der Waals surface area (Å²) < 4.78 is 10.4. The van der Waals surface area contributed by atoms with Gasteiger partial charge in [0.25, 0.3) is 0 Å². The zero-order valence-corrected chi connectivity index (χ0v) is 14.3. The summed E-state index contributed by atoms with van der Waals surface area (Å²) in [5, 5.41) is 0.359. The quantitative estimate of drug-likeness (QED) is 0.782. The number of aromatic nitrogens is 1. The van der Waals surface area contributed by atoms with Crippen molar-refractivity contribution in [2.45, 2.75) is 52.7 Å². The van der Waals surface area contributed by atoms with E-state index >= 15 is 0 Å². The normalized spacial score (nSPS) is 15.0. The second-order valence-corrected chi connectivity index (χ2v) is 7.20. The molecule has 2 heterocycles. The van der Waals surface area contributed by atoms with Gasteiger partial charge in [-0.15, -0.1) is 11.3 Å². The topological polar surface area (TPSA) is 68.7 Å². The van der Waals surface area contributed by atoms with Gasteiger partial charge in [0.05, 0.1) is 18.8 Å². The maximum absolute atomic E-state index is 12.2. The van der Waals surface area contributed by atoms with Crippen molar-refractivity contribution in [2.24, 2.45) is 0 Å². The number of hydrogen-bond acceptors (Lipinski definition) is 6. The number of rotatable bonds is 2. The molecule has 1 aliphatic rings. The SMILES string of the molecule is CCOC(=O)c1nc2c(s1)CN(C(=O)OC(C)(C)C)CCC2. The number of carbonyl (C=O) groups excluding carboxylic acids is 2. The van der Waals surface area contributed by atoms with Gasteiger partial charge in [-0.05, 0) is 40.5 Å². The van der Waals surface area contributed by atoms with Gasteiger partial charge in [0.2, 0.25) is 5.01 Å². The van der Waals surface area contributed by atoms with Gasteiger partial charge in [-0.3, -0.25) is 0 Å². The molecule has 0 unspecified atom stereocenters. The van der Waals surface area contributed by atoms with Crippen molar-refractivity contribution in [3.63, 3.8) is 0 Å². The fourth-order valence-corrected chi connectivity index (χ4v) is 3.17. The molecule has 0 bridgehead atoms. The van der Waals surface area contributed by atoms with Crippen molar-refractivity contribution in [1.82, 2.24) is 9.88 Å². The molecule has 7 heteroatoms. The van der Waals surface area contributed by atoms with E-state index in [0.717, 1.165) is 23.4 Å². The van der Waals surface area contributed by atoms with Crippen molar-refractivity contribution in [3.8, 4) is 0 Å². The summed E-state index contributed by atoms with van der Waals surface area (Å²) in [6.07, 6.45) is 1.23. The summed E-state index contributed by atoms with van der Waals surface area (Å²) in [6, 6.07) is 0. The van der Waals surface area contributed by atoms with Crippen molar-refractivity contribution in [2.75, 3.05) is 13.2 Å². The van der Waals surface area contributed by atoms with Crippen LogP contribution in [0.5, 0.6) is 0 Å². The first-order valence-corrected chi connectivity index (χ1v) is 8.25. The van der Waals surface area contributed by atoms with Gasteiger partial charge in [0.1, 0.15) is 5.60 Å². The molecule has 2 rings (SSSR count). The lowest BCUT2D eigenvalue weighted by Crippen LogP contribution is -2.36. The lowest BCUT2D eigenvalue weighted by Gasteiger charge is -2.26. The molecule has 6 nitrogen and oxygen atoms in total. The standard InChI is InChI=1S/C15H22N2O4S/c1-5-20-13(18)12-16-10-7-6-8-17(9-11(10)22-12)14(19)21-15(2,3)4/h5-9H2,1-4H3. The molecule has 0 N–H and O–H groups in total. The van der Waals surface area contributed by atoms with Crippen LogP contribution in [0.2, 0.25) is 0 Å². The van der Waals surface area contributed by atoms with Crippen molar-refractivity contribution >= 4 is 23.4 Å². The van der Waals surface area contributed by atoms with Crippen LogP contribution in [-0.2, 0) is 22.4 Å². The Kier molecular flexibility index (Phi) is 5.05. The second kappa shape index (κ2) is 6.64. The fraction of sp³-hybridized carbons (Fsp3) is 0.667. The number of ether oxygens (including phenoxy) is 2. The second-order valence-electron chi connectivity index (χ2n) is 6.11. The highest BCUT2D eigenvalue weighted by Gasteiger charge is 2.27. The van der Waals surface area contributed by atoms with Gasteiger partial charge in [0, 0.05) is 11.4 Å². The van der Waals surface area contributed by atoms with Crippen LogP contribution in [0.4, 0.5) is 4.79 Å². The van der Waals surface area contributed by atoms with E-state index in [0.29, 0.717) is 24.7 Å². The molecule has 0 spiro atoms. The van der Waals surface area contributed by atoms with E-state index in [1.807, 2.05) is 20.8 Å². The number of fused-ring (bicyclic) bond motifs is 1. The Balaban J connectivity index is 2.12. The van der Waals surface area contributed by atoms with Gasteiger partial charge in [-0.1, -0.05) is 0 Å². The Morgan fingerprint density at radius 3 is 2.73 bits per heavy atom. The molecule has 0 fully saturated rings. The molecular formula is C15H22N2O4S. The number of thiazole rings is 1. The summed E-state index contributed by atoms with van der Waals surface area (Å²) in [7, 11) is 0. The summed E-state index contributed by atoms with van der Waals surface area (Å²) in [5.74, 6) is -0.399. The highest BCUT2D eigenvalue weighted by atomic mass is 32.1. The lowest BCUT2D eigenvalue weighted by atomic mass is 10.2. The minimum Gasteiger partial charge on any atom is -0.461 e. The van der Waals surface area contributed by atoms with Gasteiger partial charge in [-0.2, -0.15) is 0 Å². The van der Waals surface area contributed by atoms with E-state index in [1.54, 1.807) is 11.8 Å². The van der Waals surface area contributed by atoms with Gasteiger partial charge >= 0.3 is 12.1 Å². The smallest absolute Gasteiger partial charge is 0.410 e. The predicted octanol–water partition coefficient (Wildman–Crippen LogP) is 3.00. The number of nitrogens with zero attached hydrogens (tertiary/aromatic N) is 2. The maximum atomic E-state index is 12.2. The Hall–Kier alpha value is -1.63. The minimum atomic E-state index is -0.518. The van der Waals surface area contributed by atoms with Crippen LogP contribution in [0, 0.1) is 0 Å². The number of hydrogen-bond donors (Lipinski definition) is 0. The van der Waals surface area contributed by atoms with Gasteiger partial charge in [-0.25, -0.2) is 14.6 Å². The molecule has 1 aromatic rings. The largest absolute Gasteiger partial charge is 0.461 e. The van der Waals surface area contributed by atoms with Crippen LogP contribution in [-0.4, -0.2) is 40.7 Å². The average Bonchev–Trinajstić information content (AvgIpc) is 2.69. The summed E-state index contributed by atoms with van der Waals surface area (Å²) >= 11 is 1.30. The van der Waals surface area contributed by atoms with Crippen LogP contribution < -0.4 is 0 Å². The molecule has 0 aliphatic carbocycles. The molecule has 0 saturated carbocycles. The zero-order chi connectivity index (χ0) is 16.3. The monoisotopic (exact) mass is 326 g/mol. The molecule has 0 atom stereocenters. The van der Waals surface area contributed by atoms with Crippen LogP contribution in [0.25, 0.3) is 0 Å². The number of amides is 1. The highest BCUT2D eigenvalue weighted by molar-refractivity contribution is 7.13. The third-order valence-electron chi connectivity index (χ3n) is 3.06. The summed E-state index contributed by atoms with van der Waals surface area (Å²) in [6.45, 7) is 8.70. The van der Waals surface area contributed by atoms with E-state index < -0.39 is 11.6 Å². The Bertz CT molecular complexity index is 562. The fourth-order valence-electron chi connectivity index (χ4n) is 2.15. The Labute approximate surface area is 134 Å². The van der Waals surface area contributed by atoms with Gasteiger partial charge in [0.15, 0.2) is 0 Å². The molecule has 1 amide bonds. The van der Waals surface area contributed by atoms with Crippen molar-refractivity contribution < 1.29 is 19.1 Å². The first-order chi connectivity index (χ1) is 10.3. The lowest BCUT2D eigenvalue weighted by molar-refractivity contribution is 0.0238. The summed E-state index contributed by atoms with van der Waals surface area (Å²) in [4.78, 5) is 31.0. The number of carbonyl (C=O) groups is 2. The molecular weight excluding hydrogens is 304 g/mol. The third kappa shape index (κ3) is 4.19. The molecule has 0 aromatic carbocycles. The van der Waals surface area contributed by atoms with Gasteiger partial charge < -0.3 is 14.4 Å². The van der Waals surface area contributed by atoms with E-state index in [1.165, 1.54) is 11.3 Å². The van der Waals surface area contributed by atoms with Crippen molar-refractivity contribution in [1.29, 1.82) is 0 Å². The molecule has 22 heavy (non-hydrogen) atoms. The average molecular weight is 326 g/mol. The highest BCUT2D eigenvalue weighted by Crippen LogP contribution is 2.26. The summed E-state index contributed by atoms with van der Waals surface area (Å²) in [5.41, 5.74) is 0.370. The number of aryl methyl sites for hydroxylation is 1. The first-order valence-electron chi connectivity index (χ1n) is 7.44. The maximum Gasteiger partial charge on any atom is 0.410 e. The minimum absolute atomic E-state index is 0.327. The molecule has 1 aromatic heterocycles. The van der Waals surface area contributed by atoms with Crippen LogP contribution in [0.3, 0.4) is 0 Å². The Morgan fingerprint density at radius 1 is 1.36 bits per heavy atom. The van der Waals surface area contributed by atoms with Crippen LogP contribution in [0.15, 0.2) is 0 Å². The number of esters is 1. The van der Waals surface area contributed by atoms with Crippen LogP contribution in [0.1, 0.15) is 54.5 Å². The molecule has 0 radical (unpaired) electrons. The van der Waals surface area contributed by atoms with E-state index in [4.69, 9.17) is 9.47 Å². The van der Waals surface area contributed by atoms with Crippen LogP contribution >= 0.6 is 11.3 Å². The molecule has 1 aliphatic heterocycles. The van der Waals surface area contributed by atoms with E-state index in [2.05, 4.69) is 4.98 Å². The first kappa shape index (κ1) is 16.7. The zero-order valence-electron chi connectivity index (χ0n) is 13.5. The third-order valence-corrected chi connectivity index (χ3v) is 4.12. The van der Waals surface area contributed by atoms with Crippen molar-refractivity contribution in [3.05, 3.63) is 15.6 Å².